The molecular formula is C30H21ClN4O2S2. The molecule has 1 amide bonds. The molecule has 192 valence electrons. The minimum Gasteiger partial charge on any atom is -0.497 e. The first-order valence-electron chi connectivity index (χ1n) is 12.0. The molecule has 0 unspecified atom stereocenters. The molecule has 0 aliphatic carbocycles. The number of carbonyl (C=O) groups excluding carboxylic acids is 1. The molecule has 0 radical (unpaired) electrons. The van der Waals surface area contributed by atoms with E-state index in [2.05, 4.69) is 10.3 Å². The maximum Gasteiger partial charge on any atom is 0.269 e. The molecule has 6 rings (SSSR count). The van der Waals surface area contributed by atoms with E-state index in [1.807, 2.05) is 90.3 Å². The van der Waals surface area contributed by atoms with Crippen molar-refractivity contribution in [2.24, 2.45) is 0 Å². The number of nitrogens with two attached hydrogens (primary N) is 1. The summed E-state index contributed by atoms with van der Waals surface area (Å²) in [5, 5.41) is 6.56. The van der Waals surface area contributed by atoms with E-state index in [-0.39, 0.29) is 5.91 Å². The van der Waals surface area contributed by atoms with Crippen LogP contribution in [0, 0.1) is 0 Å². The molecule has 0 aliphatic heterocycles. The van der Waals surface area contributed by atoms with E-state index in [4.69, 9.17) is 27.1 Å². The molecule has 0 bridgehead atoms. The van der Waals surface area contributed by atoms with Crippen molar-refractivity contribution in [2.75, 3.05) is 18.2 Å². The van der Waals surface area contributed by atoms with Gasteiger partial charge in [0.2, 0.25) is 0 Å². The number of benzene rings is 3. The lowest BCUT2D eigenvalue weighted by Gasteiger charge is -2.09. The Bertz CT molecular complexity index is 1810. The second-order valence-corrected chi connectivity index (χ2v) is 10.9. The van der Waals surface area contributed by atoms with Crippen LogP contribution in [0.3, 0.4) is 0 Å². The molecule has 0 saturated carbocycles. The van der Waals surface area contributed by atoms with E-state index >= 15 is 0 Å². The van der Waals surface area contributed by atoms with Crippen LogP contribution in [-0.4, -0.2) is 23.0 Å². The fourth-order valence-electron chi connectivity index (χ4n) is 4.32. The van der Waals surface area contributed by atoms with Gasteiger partial charge in [-0.25, -0.2) is 9.97 Å². The average molecular weight is 569 g/mol. The predicted octanol–water partition coefficient (Wildman–Crippen LogP) is 8.25. The number of anilines is 2. The van der Waals surface area contributed by atoms with Crippen molar-refractivity contribution in [3.63, 3.8) is 0 Å². The summed E-state index contributed by atoms with van der Waals surface area (Å²) in [6, 6.07) is 27.2. The monoisotopic (exact) mass is 568 g/mol. The van der Waals surface area contributed by atoms with Crippen LogP contribution in [0.1, 0.15) is 9.67 Å². The van der Waals surface area contributed by atoms with Gasteiger partial charge in [-0.3, -0.25) is 10.1 Å². The number of amides is 1. The second-order valence-electron chi connectivity index (χ2n) is 8.65. The molecule has 9 heteroatoms. The number of thiazole rings is 1. The summed E-state index contributed by atoms with van der Waals surface area (Å²) in [4.78, 5) is 23.9. The average Bonchev–Trinajstić information content (AvgIpc) is 3.57. The van der Waals surface area contributed by atoms with Crippen LogP contribution >= 0.6 is 34.3 Å². The largest absolute Gasteiger partial charge is 0.497 e. The van der Waals surface area contributed by atoms with Gasteiger partial charge in [-0.15, -0.1) is 22.7 Å². The minimum atomic E-state index is -0.336. The molecule has 0 saturated heterocycles. The van der Waals surface area contributed by atoms with Crippen molar-refractivity contribution < 1.29 is 9.53 Å². The highest BCUT2D eigenvalue weighted by Crippen LogP contribution is 2.42. The Morgan fingerprint density at radius 2 is 1.64 bits per heavy atom. The third kappa shape index (κ3) is 4.85. The van der Waals surface area contributed by atoms with Crippen LogP contribution in [-0.2, 0) is 0 Å². The Hall–Kier alpha value is -4.24. The van der Waals surface area contributed by atoms with E-state index in [1.165, 1.54) is 22.7 Å². The number of nitrogen functional groups attached to an aromatic ring is 1. The number of fused-ring (bicyclic) bond motifs is 1. The van der Waals surface area contributed by atoms with Crippen LogP contribution < -0.4 is 15.8 Å². The van der Waals surface area contributed by atoms with Gasteiger partial charge >= 0.3 is 0 Å². The fourth-order valence-corrected chi connectivity index (χ4v) is 6.28. The lowest BCUT2D eigenvalue weighted by Crippen LogP contribution is -2.11. The zero-order valence-corrected chi connectivity index (χ0v) is 23.0. The van der Waals surface area contributed by atoms with Crippen LogP contribution in [0.25, 0.3) is 43.9 Å². The van der Waals surface area contributed by atoms with E-state index in [9.17, 15) is 4.79 Å². The number of pyridine rings is 1. The summed E-state index contributed by atoms with van der Waals surface area (Å²) in [7, 11) is 1.63. The molecule has 0 aliphatic rings. The number of ether oxygens (including phenoxy) is 1. The second kappa shape index (κ2) is 10.5. The first-order chi connectivity index (χ1) is 19.0. The summed E-state index contributed by atoms with van der Waals surface area (Å²) in [6.07, 6.45) is 0. The van der Waals surface area contributed by atoms with E-state index in [0.29, 0.717) is 31.2 Å². The van der Waals surface area contributed by atoms with Crippen molar-refractivity contribution in [2.45, 2.75) is 0 Å². The Kier molecular flexibility index (Phi) is 6.74. The highest BCUT2D eigenvalue weighted by molar-refractivity contribution is 7.21. The van der Waals surface area contributed by atoms with E-state index < -0.39 is 0 Å². The number of hydrogen-bond acceptors (Lipinski definition) is 7. The van der Waals surface area contributed by atoms with Crippen molar-refractivity contribution in [3.8, 4) is 39.4 Å². The highest BCUT2D eigenvalue weighted by atomic mass is 35.5. The molecule has 0 fully saturated rings. The van der Waals surface area contributed by atoms with Crippen molar-refractivity contribution in [1.82, 2.24) is 9.97 Å². The zero-order chi connectivity index (χ0) is 26.9. The number of nitrogens with zero attached hydrogens (tertiary/aromatic N) is 2. The number of carbonyl (C=O) groups is 1. The Balaban J connectivity index is 1.41. The quantitative estimate of drug-likeness (QED) is 0.211. The van der Waals surface area contributed by atoms with Gasteiger partial charge in [-0.2, -0.15) is 0 Å². The van der Waals surface area contributed by atoms with Crippen LogP contribution in [0.5, 0.6) is 5.75 Å². The summed E-state index contributed by atoms with van der Waals surface area (Å²) < 4.78 is 5.34. The SMILES string of the molecule is COc1ccc(-c2cc(-c3ccccc3)nc3sc(C(=O)Nc4nc(-c5ccccc5Cl)cs4)c(N)c23)cc1. The van der Waals surface area contributed by atoms with Gasteiger partial charge < -0.3 is 10.5 Å². The van der Waals surface area contributed by atoms with Crippen LogP contribution in [0.15, 0.2) is 90.3 Å². The molecule has 0 atom stereocenters. The maximum atomic E-state index is 13.4. The first-order valence-corrected chi connectivity index (χ1v) is 14.0. The van der Waals surface area contributed by atoms with Crippen LogP contribution in [0.2, 0.25) is 5.02 Å². The smallest absolute Gasteiger partial charge is 0.269 e. The minimum absolute atomic E-state index is 0.336. The first kappa shape index (κ1) is 25.1. The molecule has 39 heavy (non-hydrogen) atoms. The maximum absolute atomic E-state index is 13.4. The molecule has 0 spiro atoms. The summed E-state index contributed by atoms with van der Waals surface area (Å²) in [5.74, 6) is 0.419. The molecule has 3 aromatic carbocycles. The number of hydrogen-bond donors (Lipinski definition) is 2. The molecule has 3 N–H and O–H groups in total. The number of methoxy groups -OCH3 is 1. The van der Waals surface area contributed by atoms with E-state index in [1.54, 1.807) is 7.11 Å². The Morgan fingerprint density at radius 3 is 2.38 bits per heavy atom. The topological polar surface area (TPSA) is 90.1 Å². The van der Waals surface area contributed by atoms with Gasteiger partial charge in [0.05, 0.1) is 24.2 Å². The predicted molar refractivity (Wildman–Crippen MR) is 162 cm³/mol. The molecule has 6 nitrogen and oxygen atoms in total. The van der Waals surface area contributed by atoms with Gasteiger partial charge in [0.25, 0.3) is 5.91 Å². The Labute approximate surface area is 237 Å². The number of aromatic nitrogens is 2. The molecule has 3 heterocycles. The Morgan fingerprint density at radius 1 is 0.897 bits per heavy atom. The standard InChI is InChI=1S/C30H21ClN4O2S2/c1-37-19-13-11-17(12-14-19)21-15-23(18-7-3-2-4-8-18)33-29-25(21)26(32)27(39-29)28(36)35-30-34-24(16-38-30)20-9-5-6-10-22(20)31/h2-16H,32H2,1H3,(H,34,35,36). The number of thiophene rings is 1. The highest BCUT2D eigenvalue weighted by Gasteiger charge is 2.23. The normalized spacial score (nSPS) is 11.0. The zero-order valence-electron chi connectivity index (χ0n) is 20.6. The van der Waals surface area contributed by atoms with Crippen molar-refractivity contribution in [3.05, 3.63) is 100 Å². The summed E-state index contributed by atoms with van der Waals surface area (Å²) in [6.45, 7) is 0. The molecule has 3 aromatic heterocycles. The lowest BCUT2D eigenvalue weighted by atomic mass is 9.99. The molecule has 6 aromatic rings. The van der Waals surface area contributed by atoms with Gasteiger partial charge in [0.1, 0.15) is 15.5 Å². The third-order valence-corrected chi connectivity index (χ3v) is 8.44. The van der Waals surface area contributed by atoms with Crippen LogP contribution in [0.4, 0.5) is 10.8 Å². The number of halogens is 1. The van der Waals surface area contributed by atoms with Gasteiger partial charge in [-0.05, 0) is 35.4 Å². The third-order valence-electron chi connectivity index (χ3n) is 6.25. The molecular weight excluding hydrogens is 548 g/mol. The van der Waals surface area contributed by atoms with Gasteiger partial charge in [0, 0.05) is 26.9 Å². The van der Waals surface area contributed by atoms with Crippen molar-refractivity contribution in [1.29, 1.82) is 0 Å². The van der Waals surface area contributed by atoms with E-state index in [0.717, 1.165) is 39.1 Å². The van der Waals surface area contributed by atoms with Crippen molar-refractivity contribution >= 4 is 61.2 Å². The fraction of sp³-hybridized carbons (Fsp3) is 0.0333. The summed E-state index contributed by atoms with van der Waals surface area (Å²) in [5.41, 5.74) is 12.1. The number of rotatable bonds is 6. The summed E-state index contributed by atoms with van der Waals surface area (Å²) >= 11 is 8.92. The van der Waals surface area contributed by atoms with Gasteiger partial charge in [0.15, 0.2) is 5.13 Å². The lowest BCUT2D eigenvalue weighted by molar-refractivity contribution is 0.103. The number of nitrogens with one attached hydrogen (secondary N) is 1. The van der Waals surface area contributed by atoms with Gasteiger partial charge in [-0.1, -0.05) is 72.3 Å².